The van der Waals surface area contributed by atoms with E-state index >= 15 is 0 Å². The molecule has 5 amide bonds. The Kier molecular flexibility index (Phi) is 7.99. The molecule has 38 heavy (non-hydrogen) atoms. The zero-order valence-electron chi connectivity index (χ0n) is 20.7. The standard InChI is InChI=1S/C28H23BrClN3O5/c1-15-7-9-22(16(2)11-15)31-25(34)14-38-24-10-8-19(29)12-18(24)13-20-26(35)32-28(37)33(27(20)36)23-6-4-5-21(30)17(23)3/h4-13H,14H2,1-3H3,(H,31,34)(H,32,35,37)/b20-13-. The number of rotatable bonds is 6. The molecule has 0 spiro atoms. The number of nitrogens with zero attached hydrogens (tertiary/aromatic N) is 1. The van der Waals surface area contributed by atoms with Crippen LogP contribution >= 0.6 is 27.5 Å². The number of aryl methyl sites for hydroxylation is 2. The van der Waals surface area contributed by atoms with E-state index in [-0.39, 0.29) is 29.5 Å². The summed E-state index contributed by atoms with van der Waals surface area (Å²) in [7, 11) is 0. The van der Waals surface area contributed by atoms with E-state index in [1.54, 1.807) is 43.3 Å². The molecule has 3 aromatic carbocycles. The van der Waals surface area contributed by atoms with Crippen LogP contribution in [0.5, 0.6) is 5.75 Å². The Bertz CT molecular complexity index is 1520. The van der Waals surface area contributed by atoms with Gasteiger partial charge in [0.2, 0.25) is 0 Å². The normalized spacial score (nSPS) is 14.5. The molecule has 1 saturated heterocycles. The molecule has 10 heteroatoms. The average molecular weight is 597 g/mol. The summed E-state index contributed by atoms with van der Waals surface area (Å²) in [5.74, 6) is -1.78. The number of imide groups is 2. The molecular weight excluding hydrogens is 574 g/mol. The lowest BCUT2D eigenvalue weighted by Crippen LogP contribution is -2.54. The number of hydrogen-bond donors (Lipinski definition) is 2. The van der Waals surface area contributed by atoms with Crippen LogP contribution in [-0.2, 0) is 14.4 Å². The first-order valence-electron chi connectivity index (χ1n) is 11.5. The van der Waals surface area contributed by atoms with Crippen molar-refractivity contribution in [3.05, 3.63) is 91.9 Å². The van der Waals surface area contributed by atoms with Crippen molar-refractivity contribution in [1.82, 2.24) is 5.32 Å². The van der Waals surface area contributed by atoms with Gasteiger partial charge in [-0.3, -0.25) is 19.7 Å². The molecule has 1 aliphatic rings. The topological polar surface area (TPSA) is 105 Å². The number of amides is 5. The van der Waals surface area contributed by atoms with Crippen molar-refractivity contribution in [1.29, 1.82) is 0 Å². The SMILES string of the molecule is Cc1ccc(NC(=O)COc2ccc(Br)cc2/C=C2/C(=O)NC(=O)N(c3cccc(Cl)c3C)C2=O)c(C)c1. The van der Waals surface area contributed by atoms with E-state index in [2.05, 4.69) is 26.6 Å². The highest BCUT2D eigenvalue weighted by molar-refractivity contribution is 9.10. The van der Waals surface area contributed by atoms with Crippen LogP contribution in [0.4, 0.5) is 16.2 Å². The van der Waals surface area contributed by atoms with Crippen LogP contribution in [0.3, 0.4) is 0 Å². The van der Waals surface area contributed by atoms with Crippen LogP contribution in [0.15, 0.2) is 64.6 Å². The minimum atomic E-state index is -0.878. The molecule has 0 unspecified atom stereocenters. The second-order valence-corrected chi connectivity index (χ2v) is 10.0. The number of nitrogens with one attached hydrogen (secondary N) is 2. The number of carbonyl (C=O) groups is 4. The van der Waals surface area contributed by atoms with Crippen molar-refractivity contribution in [3.63, 3.8) is 0 Å². The molecule has 0 aromatic heterocycles. The van der Waals surface area contributed by atoms with Gasteiger partial charge in [0.15, 0.2) is 6.61 Å². The molecular formula is C28H23BrClN3O5. The number of carbonyl (C=O) groups excluding carboxylic acids is 4. The summed E-state index contributed by atoms with van der Waals surface area (Å²) in [6.07, 6.45) is 1.32. The highest BCUT2D eigenvalue weighted by Crippen LogP contribution is 2.31. The fraction of sp³-hybridized carbons (Fsp3) is 0.143. The van der Waals surface area contributed by atoms with Crippen LogP contribution in [0.25, 0.3) is 6.08 Å². The number of halogens is 2. The quantitative estimate of drug-likeness (QED) is 0.280. The number of ether oxygens (including phenoxy) is 1. The van der Waals surface area contributed by atoms with E-state index in [1.165, 1.54) is 6.08 Å². The van der Waals surface area contributed by atoms with E-state index in [1.807, 2.05) is 32.0 Å². The fourth-order valence-corrected chi connectivity index (χ4v) is 4.47. The summed E-state index contributed by atoms with van der Waals surface area (Å²) in [4.78, 5) is 52.0. The number of hydrogen-bond acceptors (Lipinski definition) is 5. The smallest absolute Gasteiger partial charge is 0.335 e. The molecule has 1 fully saturated rings. The third-order valence-corrected chi connectivity index (χ3v) is 6.77. The second kappa shape index (κ2) is 11.2. The van der Waals surface area contributed by atoms with E-state index in [4.69, 9.17) is 16.3 Å². The lowest BCUT2D eigenvalue weighted by Gasteiger charge is -2.27. The Morgan fingerprint density at radius 2 is 1.84 bits per heavy atom. The maximum Gasteiger partial charge on any atom is 0.335 e. The summed E-state index contributed by atoms with van der Waals surface area (Å²) < 4.78 is 6.40. The lowest BCUT2D eigenvalue weighted by atomic mass is 10.0. The second-order valence-electron chi connectivity index (χ2n) is 8.68. The maximum atomic E-state index is 13.4. The minimum absolute atomic E-state index is 0.257. The lowest BCUT2D eigenvalue weighted by molar-refractivity contribution is -0.122. The van der Waals surface area contributed by atoms with Crippen molar-refractivity contribution in [3.8, 4) is 5.75 Å². The van der Waals surface area contributed by atoms with E-state index in [9.17, 15) is 19.2 Å². The largest absolute Gasteiger partial charge is 0.483 e. The van der Waals surface area contributed by atoms with Gasteiger partial charge in [-0.15, -0.1) is 0 Å². The number of barbiturate groups is 1. The van der Waals surface area contributed by atoms with Gasteiger partial charge >= 0.3 is 6.03 Å². The molecule has 0 atom stereocenters. The van der Waals surface area contributed by atoms with Crippen molar-refractivity contribution in [2.75, 3.05) is 16.8 Å². The van der Waals surface area contributed by atoms with Gasteiger partial charge in [-0.05, 0) is 74.4 Å². The molecule has 1 aliphatic heterocycles. The van der Waals surface area contributed by atoms with Gasteiger partial charge in [0.25, 0.3) is 17.7 Å². The van der Waals surface area contributed by atoms with Gasteiger partial charge in [-0.1, -0.05) is 51.3 Å². The highest BCUT2D eigenvalue weighted by Gasteiger charge is 2.37. The van der Waals surface area contributed by atoms with Gasteiger partial charge in [0.05, 0.1) is 5.69 Å². The first kappa shape index (κ1) is 27.1. The summed E-state index contributed by atoms with van der Waals surface area (Å²) in [5, 5.41) is 5.37. The Labute approximate surface area is 232 Å². The van der Waals surface area contributed by atoms with Crippen LogP contribution in [0.2, 0.25) is 5.02 Å². The predicted octanol–water partition coefficient (Wildman–Crippen LogP) is 5.71. The van der Waals surface area contributed by atoms with Gasteiger partial charge in [0, 0.05) is 20.7 Å². The zero-order chi connectivity index (χ0) is 27.6. The summed E-state index contributed by atoms with van der Waals surface area (Å²) in [5.41, 5.74) is 3.51. The Morgan fingerprint density at radius 1 is 1.08 bits per heavy atom. The molecule has 3 aromatic rings. The monoisotopic (exact) mass is 595 g/mol. The van der Waals surface area contributed by atoms with E-state index in [0.717, 1.165) is 16.0 Å². The van der Waals surface area contributed by atoms with Crippen molar-refractivity contribution >= 4 is 68.7 Å². The predicted molar refractivity (Wildman–Crippen MR) is 149 cm³/mol. The molecule has 2 N–H and O–H groups in total. The van der Waals surface area contributed by atoms with Crippen LogP contribution < -0.4 is 20.3 Å². The van der Waals surface area contributed by atoms with Crippen molar-refractivity contribution in [2.24, 2.45) is 0 Å². The van der Waals surface area contributed by atoms with Gasteiger partial charge in [0.1, 0.15) is 11.3 Å². The summed E-state index contributed by atoms with van der Waals surface area (Å²) in [6, 6.07) is 14.5. The molecule has 0 aliphatic carbocycles. The Hall–Kier alpha value is -3.95. The maximum absolute atomic E-state index is 13.4. The first-order valence-corrected chi connectivity index (χ1v) is 12.7. The number of urea groups is 1. The molecule has 1 heterocycles. The van der Waals surface area contributed by atoms with Crippen molar-refractivity contribution in [2.45, 2.75) is 20.8 Å². The van der Waals surface area contributed by atoms with E-state index < -0.39 is 17.8 Å². The van der Waals surface area contributed by atoms with Gasteiger partial charge < -0.3 is 10.1 Å². The first-order chi connectivity index (χ1) is 18.0. The summed E-state index contributed by atoms with van der Waals surface area (Å²) >= 11 is 9.56. The average Bonchev–Trinajstić information content (AvgIpc) is 2.85. The molecule has 194 valence electrons. The Morgan fingerprint density at radius 3 is 2.58 bits per heavy atom. The molecule has 0 saturated carbocycles. The van der Waals surface area contributed by atoms with Gasteiger partial charge in [-0.2, -0.15) is 0 Å². The molecule has 0 bridgehead atoms. The van der Waals surface area contributed by atoms with Gasteiger partial charge in [-0.25, -0.2) is 9.69 Å². The van der Waals surface area contributed by atoms with Crippen LogP contribution in [0.1, 0.15) is 22.3 Å². The minimum Gasteiger partial charge on any atom is -0.483 e. The molecule has 0 radical (unpaired) electrons. The van der Waals surface area contributed by atoms with Crippen LogP contribution in [-0.4, -0.2) is 30.4 Å². The van der Waals surface area contributed by atoms with Crippen LogP contribution in [0, 0.1) is 20.8 Å². The Balaban J connectivity index is 1.60. The van der Waals surface area contributed by atoms with Crippen molar-refractivity contribution < 1.29 is 23.9 Å². The summed E-state index contributed by atoms with van der Waals surface area (Å²) in [6.45, 7) is 5.22. The van der Waals surface area contributed by atoms with E-state index in [0.29, 0.717) is 26.3 Å². The molecule has 8 nitrogen and oxygen atoms in total. The molecule has 4 rings (SSSR count). The number of benzene rings is 3. The fourth-order valence-electron chi connectivity index (χ4n) is 3.92. The number of anilines is 2. The third-order valence-electron chi connectivity index (χ3n) is 5.87. The third kappa shape index (κ3) is 5.79. The highest BCUT2D eigenvalue weighted by atomic mass is 79.9. The zero-order valence-corrected chi connectivity index (χ0v) is 23.1.